The van der Waals surface area contributed by atoms with E-state index in [2.05, 4.69) is 22.6 Å². The van der Waals surface area contributed by atoms with Crippen LogP contribution in [0.2, 0.25) is 0 Å². The normalized spacial score (nSPS) is 24.2. The molecule has 1 saturated heterocycles. The predicted molar refractivity (Wildman–Crippen MR) is 51.4 cm³/mol. The first-order valence-electron chi connectivity index (χ1n) is 4.51. The lowest BCUT2D eigenvalue weighted by Crippen LogP contribution is -2.26. The standard InChI is InChI=1S/C9H14N2S/c1-7-6-12-9(11-7)8-4-2-3-5-10-8/h6,8,10H,2-5H2,1H3/t8-/m1/s1. The fraction of sp³-hybridized carbons (Fsp3) is 0.667. The minimum atomic E-state index is 0.539. The van der Waals surface area contributed by atoms with Crippen molar-refractivity contribution in [2.24, 2.45) is 0 Å². The lowest BCUT2D eigenvalue weighted by Gasteiger charge is -2.21. The number of aryl methyl sites for hydroxylation is 1. The molecule has 0 bridgehead atoms. The van der Waals surface area contributed by atoms with Gasteiger partial charge in [0.25, 0.3) is 0 Å². The number of nitrogens with zero attached hydrogens (tertiary/aromatic N) is 1. The number of rotatable bonds is 1. The first kappa shape index (κ1) is 8.20. The lowest BCUT2D eigenvalue weighted by atomic mass is 10.1. The summed E-state index contributed by atoms with van der Waals surface area (Å²) in [6.45, 7) is 3.21. The molecule has 0 aliphatic carbocycles. The second-order valence-corrected chi connectivity index (χ2v) is 4.22. The fourth-order valence-electron chi connectivity index (χ4n) is 1.59. The van der Waals surface area contributed by atoms with Crippen LogP contribution >= 0.6 is 11.3 Å². The van der Waals surface area contributed by atoms with Crippen molar-refractivity contribution in [3.63, 3.8) is 0 Å². The Morgan fingerprint density at radius 3 is 3.08 bits per heavy atom. The number of hydrogen-bond acceptors (Lipinski definition) is 3. The summed E-state index contributed by atoms with van der Waals surface area (Å²) in [5, 5.41) is 6.90. The van der Waals surface area contributed by atoms with E-state index in [1.165, 1.54) is 24.3 Å². The molecule has 2 nitrogen and oxygen atoms in total. The van der Waals surface area contributed by atoms with Crippen molar-refractivity contribution in [1.29, 1.82) is 0 Å². The van der Waals surface area contributed by atoms with Gasteiger partial charge in [0.2, 0.25) is 0 Å². The molecule has 0 unspecified atom stereocenters. The smallest absolute Gasteiger partial charge is 0.110 e. The summed E-state index contributed by atoms with van der Waals surface area (Å²) in [6.07, 6.45) is 3.92. The molecule has 0 aromatic carbocycles. The van der Waals surface area contributed by atoms with Gasteiger partial charge in [0.05, 0.1) is 6.04 Å². The number of hydrogen-bond donors (Lipinski definition) is 1. The molecule has 2 heterocycles. The van der Waals surface area contributed by atoms with E-state index in [9.17, 15) is 0 Å². The Morgan fingerprint density at radius 2 is 2.50 bits per heavy atom. The van der Waals surface area contributed by atoms with Crippen LogP contribution in [0.15, 0.2) is 5.38 Å². The average molecular weight is 182 g/mol. The van der Waals surface area contributed by atoms with Crippen molar-refractivity contribution in [1.82, 2.24) is 10.3 Å². The molecule has 2 rings (SSSR count). The van der Waals surface area contributed by atoms with E-state index in [1.54, 1.807) is 11.3 Å². The van der Waals surface area contributed by atoms with Gasteiger partial charge in [-0.15, -0.1) is 11.3 Å². The van der Waals surface area contributed by atoms with Crippen LogP contribution < -0.4 is 5.32 Å². The summed E-state index contributed by atoms with van der Waals surface area (Å²) in [5.41, 5.74) is 1.15. The summed E-state index contributed by atoms with van der Waals surface area (Å²) >= 11 is 1.78. The lowest BCUT2D eigenvalue weighted by molar-refractivity contribution is 0.411. The highest BCUT2D eigenvalue weighted by Gasteiger charge is 2.16. The van der Waals surface area contributed by atoms with Gasteiger partial charge in [-0.05, 0) is 26.3 Å². The van der Waals surface area contributed by atoms with Crippen molar-refractivity contribution in [3.8, 4) is 0 Å². The monoisotopic (exact) mass is 182 g/mol. The number of piperidine rings is 1. The maximum atomic E-state index is 4.49. The quantitative estimate of drug-likeness (QED) is 0.720. The van der Waals surface area contributed by atoms with Crippen LogP contribution in [-0.4, -0.2) is 11.5 Å². The Labute approximate surface area is 77.0 Å². The maximum Gasteiger partial charge on any atom is 0.110 e. The molecule has 1 aromatic heterocycles. The SMILES string of the molecule is Cc1csc([C@H]2CCCCN2)n1. The molecule has 3 heteroatoms. The molecule has 1 aromatic rings. The van der Waals surface area contributed by atoms with Crippen molar-refractivity contribution >= 4 is 11.3 Å². The number of thiazole rings is 1. The average Bonchev–Trinajstić information content (AvgIpc) is 2.54. The molecule has 0 spiro atoms. The van der Waals surface area contributed by atoms with Crippen LogP contribution in [0.25, 0.3) is 0 Å². The number of nitrogens with one attached hydrogen (secondary N) is 1. The van der Waals surface area contributed by atoms with Crippen LogP contribution in [0.5, 0.6) is 0 Å². The molecule has 12 heavy (non-hydrogen) atoms. The maximum absolute atomic E-state index is 4.49. The van der Waals surface area contributed by atoms with Gasteiger partial charge in [0.15, 0.2) is 0 Å². The molecule has 1 aliphatic heterocycles. The molecule has 1 atom stereocenters. The van der Waals surface area contributed by atoms with E-state index >= 15 is 0 Å². The van der Waals surface area contributed by atoms with Crippen molar-refractivity contribution in [3.05, 3.63) is 16.1 Å². The van der Waals surface area contributed by atoms with Crippen LogP contribution in [0.3, 0.4) is 0 Å². The van der Waals surface area contributed by atoms with Gasteiger partial charge in [0.1, 0.15) is 5.01 Å². The molecule has 0 saturated carbocycles. The molecule has 66 valence electrons. The Morgan fingerprint density at radius 1 is 1.58 bits per heavy atom. The van der Waals surface area contributed by atoms with Gasteiger partial charge in [-0.25, -0.2) is 4.98 Å². The van der Waals surface area contributed by atoms with Gasteiger partial charge in [-0.2, -0.15) is 0 Å². The zero-order valence-corrected chi connectivity index (χ0v) is 8.16. The summed E-state index contributed by atoms with van der Waals surface area (Å²) in [5.74, 6) is 0. The first-order chi connectivity index (χ1) is 5.86. The zero-order valence-electron chi connectivity index (χ0n) is 7.34. The Kier molecular flexibility index (Phi) is 2.42. The van der Waals surface area contributed by atoms with Crippen LogP contribution in [-0.2, 0) is 0 Å². The topological polar surface area (TPSA) is 24.9 Å². The molecule has 0 radical (unpaired) electrons. The van der Waals surface area contributed by atoms with E-state index in [0.717, 1.165) is 12.2 Å². The van der Waals surface area contributed by atoms with Crippen molar-refractivity contribution in [2.75, 3.05) is 6.54 Å². The molecular formula is C9H14N2S. The van der Waals surface area contributed by atoms with Crippen molar-refractivity contribution < 1.29 is 0 Å². The van der Waals surface area contributed by atoms with Gasteiger partial charge in [-0.3, -0.25) is 0 Å². The first-order valence-corrected chi connectivity index (χ1v) is 5.39. The summed E-state index contributed by atoms with van der Waals surface area (Å²) < 4.78 is 0. The van der Waals surface area contributed by atoms with Gasteiger partial charge < -0.3 is 5.32 Å². The van der Waals surface area contributed by atoms with Crippen molar-refractivity contribution in [2.45, 2.75) is 32.2 Å². The molecular weight excluding hydrogens is 168 g/mol. The highest BCUT2D eigenvalue weighted by molar-refractivity contribution is 7.09. The largest absolute Gasteiger partial charge is 0.308 e. The van der Waals surface area contributed by atoms with Crippen LogP contribution in [0, 0.1) is 6.92 Å². The second-order valence-electron chi connectivity index (χ2n) is 3.33. The van der Waals surface area contributed by atoms with E-state index in [4.69, 9.17) is 0 Å². The highest BCUT2D eigenvalue weighted by atomic mass is 32.1. The van der Waals surface area contributed by atoms with E-state index in [-0.39, 0.29) is 0 Å². The highest BCUT2D eigenvalue weighted by Crippen LogP contribution is 2.25. The molecule has 1 aliphatic rings. The Bertz CT molecular complexity index is 251. The predicted octanol–water partition coefficient (Wildman–Crippen LogP) is 2.27. The molecule has 1 fully saturated rings. The third-order valence-corrected chi connectivity index (χ3v) is 3.32. The minimum Gasteiger partial charge on any atom is -0.308 e. The Hall–Kier alpha value is -0.410. The van der Waals surface area contributed by atoms with Crippen LogP contribution in [0.1, 0.15) is 36.0 Å². The summed E-state index contributed by atoms with van der Waals surface area (Å²) in [7, 11) is 0. The molecule has 1 N–H and O–H groups in total. The minimum absolute atomic E-state index is 0.539. The second kappa shape index (κ2) is 3.54. The third-order valence-electron chi connectivity index (χ3n) is 2.25. The van der Waals surface area contributed by atoms with Gasteiger partial charge in [0, 0.05) is 11.1 Å². The number of aromatic nitrogens is 1. The van der Waals surface area contributed by atoms with Crippen LogP contribution in [0.4, 0.5) is 0 Å². The summed E-state index contributed by atoms with van der Waals surface area (Å²) in [6, 6.07) is 0.539. The van der Waals surface area contributed by atoms with Gasteiger partial charge in [-0.1, -0.05) is 6.42 Å². The van der Waals surface area contributed by atoms with E-state index < -0.39 is 0 Å². The summed E-state index contributed by atoms with van der Waals surface area (Å²) in [4.78, 5) is 4.49. The molecule has 0 amide bonds. The Balaban J connectivity index is 2.08. The fourth-order valence-corrected chi connectivity index (χ4v) is 2.50. The van der Waals surface area contributed by atoms with E-state index in [1.807, 2.05) is 0 Å². The van der Waals surface area contributed by atoms with E-state index in [0.29, 0.717) is 6.04 Å². The van der Waals surface area contributed by atoms with Gasteiger partial charge >= 0.3 is 0 Å². The third kappa shape index (κ3) is 1.67. The zero-order chi connectivity index (χ0) is 8.39.